The van der Waals surface area contributed by atoms with Crippen LogP contribution in [0.4, 0.5) is 0 Å². The molecule has 0 fully saturated rings. The molecule has 2 aromatic heterocycles. The molecule has 0 unspecified atom stereocenters. The SMILES string of the molecule is CC1(C)c2ccccc2-c2c(-n3c4ccccc4c4cc(-c5cc(-c6ccccc6Br)cc(-c6cccc7c8ccccc8n(-c8ccccc8)c67)c5)ccc43)cccc21. The van der Waals surface area contributed by atoms with Gasteiger partial charge in [-0.3, -0.25) is 0 Å². The van der Waals surface area contributed by atoms with Gasteiger partial charge >= 0.3 is 0 Å². The summed E-state index contributed by atoms with van der Waals surface area (Å²) >= 11 is 3.92. The summed E-state index contributed by atoms with van der Waals surface area (Å²) in [5.41, 5.74) is 19.6. The summed E-state index contributed by atoms with van der Waals surface area (Å²) in [7, 11) is 0. The van der Waals surface area contributed by atoms with E-state index >= 15 is 0 Å². The Labute approximate surface area is 357 Å². The first kappa shape index (κ1) is 35.0. The molecule has 0 amide bonds. The molecule has 60 heavy (non-hydrogen) atoms. The average molecular weight is 832 g/mol. The van der Waals surface area contributed by atoms with Crippen molar-refractivity contribution in [2.75, 3.05) is 0 Å². The molecule has 9 aromatic carbocycles. The second kappa shape index (κ2) is 13.3. The molecule has 0 saturated heterocycles. The number of para-hydroxylation sites is 4. The highest BCUT2D eigenvalue weighted by atomic mass is 79.9. The Bertz CT molecular complexity index is 3530. The van der Waals surface area contributed by atoms with E-state index in [1.165, 1.54) is 93.8 Å². The lowest BCUT2D eigenvalue weighted by Crippen LogP contribution is -2.14. The molecule has 0 radical (unpaired) electrons. The minimum absolute atomic E-state index is 0.0792. The van der Waals surface area contributed by atoms with E-state index in [1.807, 2.05) is 0 Å². The summed E-state index contributed by atoms with van der Waals surface area (Å²) in [6, 6.07) is 73.8. The van der Waals surface area contributed by atoms with Crippen molar-refractivity contribution in [3.8, 4) is 55.9 Å². The normalized spacial score (nSPS) is 13.1. The summed E-state index contributed by atoms with van der Waals surface area (Å²) < 4.78 is 6.01. The van der Waals surface area contributed by atoms with E-state index in [9.17, 15) is 0 Å². The molecule has 0 bridgehead atoms. The second-order valence-electron chi connectivity index (χ2n) is 16.6. The minimum Gasteiger partial charge on any atom is -0.309 e. The van der Waals surface area contributed by atoms with Crippen LogP contribution in [0.5, 0.6) is 0 Å². The van der Waals surface area contributed by atoms with E-state index in [4.69, 9.17) is 0 Å². The number of nitrogens with zero attached hydrogens (tertiary/aromatic N) is 2. The molecular weight excluding hydrogens is 793 g/mol. The smallest absolute Gasteiger partial charge is 0.0619 e. The highest BCUT2D eigenvalue weighted by Gasteiger charge is 2.37. The fraction of sp³-hybridized carbons (Fsp3) is 0.0526. The number of rotatable bonds is 5. The molecule has 0 atom stereocenters. The molecular formula is C57H39BrN2. The third kappa shape index (κ3) is 5.12. The Morgan fingerprint density at radius 1 is 0.383 bits per heavy atom. The van der Waals surface area contributed by atoms with Gasteiger partial charge in [0.05, 0.1) is 27.8 Å². The van der Waals surface area contributed by atoms with Crippen molar-refractivity contribution in [2.24, 2.45) is 0 Å². The molecule has 1 aliphatic rings. The third-order valence-electron chi connectivity index (χ3n) is 13.0. The average Bonchev–Trinajstić information content (AvgIpc) is 3.90. The van der Waals surface area contributed by atoms with Crippen molar-refractivity contribution >= 4 is 59.5 Å². The van der Waals surface area contributed by atoms with Crippen LogP contribution in [-0.2, 0) is 5.41 Å². The van der Waals surface area contributed by atoms with Crippen molar-refractivity contribution in [3.63, 3.8) is 0 Å². The van der Waals surface area contributed by atoms with Crippen molar-refractivity contribution in [1.82, 2.24) is 9.13 Å². The van der Waals surface area contributed by atoms with Crippen LogP contribution in [0.2, 0.25) is 0 Å². The molecule has 0 aliphatic heterocycles. The zero-order valence-corrected chi connectivity index (χ0v) is 34.9. The van der Waals surface area contributed by atoms with Gasteiger partial charge in [-0.25, -0.2) is 0 Å². The highest BCUT2D eigenvalue weighted by molar-refractivity contribution is 9.10. The standard InChI is InChI=1S/C57H39BrN2/c1-57(2)48-24-10-6-21-46(48)55-49(57)25-15-29-54(55)60-52-28-13-9-20-44(52)47-35-36(30-31-53(47)60)37-32-38(41-18-7-11-26-50(41)58)34-39(33-37)42-22-14-23-45-43-19-8-12-27-51(43)59(56(42)45)40-16-4-3-5-17-40/h3-35H,1-2H3. The van der Waals surface area contributed by atoms with E-state index < -0.39 is 0 Å². The number of aromatic nitrogens is 2. The first-order valence-electron chi connectivity index (χ1n) is 20.7. The minimum atomic E-state index is -0.0792. The quantitative estimate of drug-likeness (QED) is 0.164. The van der Waals surface area contributed by atoms with Gasteiger partial charge in [-0.15, -0.1) is 0 Å². The lowest BCUT2D eigenvalue weighted by molar-refractivity contribution is 0.660. The predicted molar refractivity (Wildman–Crippen MR) is 257 cm³/mol. The first-order valence-corrected chi connectivity index (χ1v) is 21.5. The molecule has 12 rings (SSSR count). The molecule has 284 valence electrons. The summed E-state index contributed by atoms with van der Waals surface area (Å²) in [6.07, 6.45) is 0. The van der Waals surface area contributed by atoms with Crippen LogP contribution in [0.25, 0.3) is 99.5 Å². The molecule has 0 N–H and O–H groups in total. The molecule has 0 spiro atoms. The van der Waals surface area contributed by atoms with Crippen LogP contribution in [0, 0.1) is 0 Å². The summed E-state index contributed by atoms with van der Waals surface area (Å²) in [6.45, 7) is 4.72. The van der Waals surface area contributed by atoms with E-state index in [0.29, 0.717) is 0 Å². The zero-order valence-electron chi connectivity index (χ0n) is 33.3. The molecule has 2 nitrogen and oxygen atoms in total. The van der Waals surface area contributed by atoms with Gasteiger partial charge in [-0.1, -0.05) is 163 Å². The topological polar surface area (TPSA) is 9.86 Å². The van der Waals surface area contributed by atoms with Gasteiger partial charge in [0.1, 0.15) is 0 Å². The summed E-state index contributed by atoms with van der Waals surface area (Å²) in [4.78, 5) is 0. The van der Waals surface area contributed by atoms with Crippen LogP contribution in [0.15, 0.2) is 205 Å². The number of halogens is 1. The number of hydrogen-bond acceptors (Lipinski definition) is 0. The summed E-state index contributed by atoms with van der Waals surface area (Å²) in [5, 5.41) is 4.98. The Kier molecular flexibility index (Phi) is 7.76. The Hall–Kier alpha value is -6.94. The number of hydrogen-bond donors (Lipinski definition) is 0. The molecule has 3 heteroatoms. The summed E-state index contributed by atoms with van der Waals surface area (Å²) in [5.74, 6) is 0. The van der Waals surface area contributed by atoms with Crippen molar-refractivity contribution in [2.45, 2.75) is 19.3 Å². The maximum atomic E-state index is 3.92. The van der Waals surface area contributed by atoms with E-state index in [-0.39, 0.29) is 5.41 Å². The molecule has 0 saturated carbocycles. The number of benzene rings is 9. The molecule has 2 heterocycles. The Morgan fingerprint density at radius 2 is 0.950 bits per heavy atom. The van der Waals surface area contributed by atoms with Gasteiger partial charge in [0.15, 0.2) is 0 Å². The lowest BCUT2D eigenvalue weighted by Gasteiger charge is -2.21. The van der Waals surface area contributed by atoms with E-state index in [0.717, 1.165) is 21.3 Å². The first-order chi connectivity index (χ1) is 29.5. The fourth-order valence-corrected chi connectivity index (χ4v) is 10.7. The van der Waals surface area contributed by atoms with E-state index in [1.54, 1.807) is 0 Å². The van der Waals surface area contributed by atoms with Gasteiger partial charge in [-0.05, 0) is 111 Å². The largest absolute Gasteiger partial charge is 0.309 e. The van der Waals surface area contributed by atoms with Gasteiger partial charge in [0, 0.05) is 48.2 Å². The van der Waals surface area contributed by atoms with Crippen LogP contribution in [0.3, 0.4) is 0 Å². The fourth-order valence-electron chi connectivity index (χ4n) is 10.2. The van der Waals surface area contributed by atoms with Gasteiger partial charge < -0.3 is 9.13 Å². The maximum absolute atomic E-state index is 3.92. The molecule has 11 aromatic rings. The zero-order chi connectivity index (χ0) is 40.1. The van der Waals surface area contributed by atoms with Crippen LogP contribution in [0.1, 0.15) is 25.0 Å². The van der Waals surface area contributed by atoms with Crippen molar-refractivity contribution < 1.29 is 0 Å². The lowest BCUT2D eigenvalue weighted by atomic mass is 9.82. The number of fused-ring (bicyclic) bond motifs is 9. The second-order valence-corrected chi connectivity index (χ2v) is 17.5. The van der Waals surface area contributed by atoms with Crippen molar-refractivity contribution in [3.05, 3.63) is 216 Å². The van der Waals surface area contributed by atoms with Crippen LogP contribution >= 0.6 is 15.9 Å². The van der Waals surface area contributed by atoms with E-state index in [2.05, 4.69) is 239 Å². The van der Waals surface area contributed by atoms with Crippen LogP contribution in [-0.4, -0.2) is 9.13 Å². The molecule has 1 aliphatic carbocycles. The van der Waals surface area contributed by atoms with Crippen molar-refractivity contribution in [1.29, 1.82) is 0 Å². The van der Waals surface area contributed by atoms with Gasteiger partial charge in [0.2, 0.25) is 0 Å². The van der Waals surface area contributed by atoms with Gasteiger partial charge in [-0.2, -0.15) is 0 Å². The predicted octanol–water partition coefficient (Wildman–Crippen LogP) is 16.0. The highest BCUT2D eigenvalue weighted by Crippen LogP contribution is 2.52. The monoisotopic (exact) mass is 830 g/mol. The Morgan fingerprint density at radius 3 is 1.75 bits per heavy atom. The van der Waals surface area contributed by atoms with Crippen LogP contribution < -0.4 is 0 Å². The third-order valence-corrected chi connectivity index (χ3v) is 13.7. The van der Waals surface area contributed by atoms with Gasteiger partial charge in [0.25, 0.3) is 0 Å². The maximum Gasteiger partial charge on any atom is 0.0619 e. The Balaban J connectivity index is 1.11.